The molecule has 30 heavy (non-hydrogen) atoms. The van der Waals surface area contributed by atoms with E-state index in [1.807, 2.05) is 40.7 Å². The van der Waals surface area contributed by atoms with E-state index >= 15 is 0 Å². The van der Waals surface area contributed by atoms with Gasteiger partial charge in [-0.25, -0.2) is 0 Å². The predicted molar refractivity (Wildman–Crippen MR) is 125 cm³/mol. The van der Waals surface area contributed by atoms with Gasteiger partial charge < -0.3 is 15.3 Å². The number of ketones is 1. The highest BCUT2D eigenvalue weighted by molar-refractivity contribution is 8.13. The lowest BCUT2D eigenvalue weighted by Gasteiger charge is -2.31. The Morgan fingerprint density at radius 1 is 0.967 bits per heavy atom. The number of hydrogen-bond acceptors (Lipinski definition) is 6. The molecular weight excluding hydrogens is 400 g/mol. The van der Waals surface area contributed by atoms with Gasteiger partial charge in [0.05, 0.1) is 18.3 Å². The summed E-state index contributed by atoms with van der Waals surface area (Å²) in [6.45, 7) is 11.3. The highest BCUT2D eigenvalue weighted by Crippen LogP contribution is 2.27. The summed E-state index contributed by atoms with van der Waals surface area (Å²) < 4.78 is 0. The third-order valence-corrected chi connectivity index (χ3v) is 6.58. The molecule has 0 unspecified atom stereocenters. The topological polar surface area (TPSA) is 94.8 Å². The Morgan fingerprint density at radius 2 is 1.57 bits per heavy atom. The van der Waals surface area contributed by atoms with E-state index in [1.54, 1.807) is 25.3 Å². The fourth-order valence-corrected chi connectivity index (χ4v) is 3.88. The molecule has 174 valence electrons. The van der Waals surface area contributed by atoms with Crippen LogP contribution >= 0.6 is 11.8 Å². The van der Waals surface area contributed by atoms with Gasteiger partial charge in [-0.05, 0) is 38.0 Å². The summed E-state index contributed by atoms with van der Waals surface area (Å²) >= 11 is 1.07. The van der Waals surface area contributed by atoms with Crippen molar-refractivity contribution < 1.29 is 24.9 Å². The average molecular weight is 443 g/mol. The molecule has 3 N–H and O–H groups in total. The summed E-state index contributed by atoms with van der Waals surface area (Å²) in [7, 11) is 0. The van der Waals surface area contributed by atoms with Gasteiger partial charge in [0, 0.05) is 24.2 Å². The third-order valence-electron chi connectivity index (χ3n) is 5.96. The van der Waals surface area contributed by atoms with Crippen molar-refractivity contribution in [2.45, 2.75) is 85.5 Å². The molecule has 0 rings (SSSR count). The number of aliphatic hydroxyl groups is 3. The molecule has 7 atom stereocenters. The number of hydrogen-bond donors (Lipinski definition) is 3. The van der Waals surface area contributed by atoms with Crippen molar-refractivity contribution in [2.75, 3.05) is 6.26 Å². The SMILES string of the molecule is CC[C@@H](C[C@@H](C)C(=O)C=CC(C)=C[C@H](C)[C@H](O)CC)[C@H](O)[C@@H](C)[C@H](O)CC(=O)SC. The normalized spacial score (nSPS) is 19.7. The van der Waals surface area contributed by atoms with E-state index in [4.69, 9.17) is 0 Å². The van der Waals surface area contributed by atoms with E-state index in [9.17, 15) is 24.9 Å². The van der Waals surface area contributed by atoms with Crippen molar-refractivity contribution in [3.63, 3.8) is 0 Å². The van der Waals surface area contributed by atoms with Crippen molar-refractivity contribution in [1.82, 2.24) is 0 Å². The minimum absolute atomic E-state index is 0.0112. The predicted octanol–water partition coefficient (Wildman–Crippen LogP) is 4.16. The van der Waals surface area contributed by atoms with Crippen LogP contribution in [0.1, 0.15) is 67.2 Å². The molecule has 0 aliphatic carbocycles. The van der Waals surface area contributed by atoms with Crippen molar-refractivity contribution >= 4 is 22.7 Å². The van der Waals surface area contributed by atoms with Crippen LogP contribution in [0.4, 0.5) is 0 Å². The minimum Gasteiger partial charge on any atom is -0.393 e. The lowest BCUT2D eigenvalue weighted by molar-refractivity contribution is -0.118. The molecule has 5 nitrogen and oxygen atoms in total. The summed E-state index contributed by atoms with van der Waals surface area (Å²) in [5, 5.41) is 30.7. The zero-order chi connectivity index (χ0) is 23.4. The van der Waals surface area contributed by atoms with Gasteiger partial charge in [-0.2, -0.15) is 0 Å². The number of rotatable bonds is 14. The molecule has 0 aliphatic heterocycles. The van der Waals surface area contributed by atoms with Crippen LogP contribution in [0.25, 0.3) is 0 Å². The Balaban J connectivity index is 4.93. The molecule has 0 saturated heterocycles. The van der Waals surface area contributed by atoms with Crippen molar-refractivity contribution in [2.24, 2.45) is 23.7 Å². The lowest BCUT2D eigenvalue weighted by Crippen LogP contribution is -2.37. The number of allylic oxidation sites excluding steroid dienone is 3. The average Bonchev–Trinajstić information content (AvgIpc) is 2.73. The summed E-state index contributed by atoms with van der Waals surface area (Å²) in [5.74, 6) is -0.826. The van der Waals surface area contributed by atoms with Gasteiger partial charge in [0.2, 0.25) is 0 Å². The van der Waals surface area contributed by atoms with Crippen LogP contribution in [0.3, 0.4) is 0 Å². The van der Waals surface area contributed by atoms with Crippen molar-refractivity contribution in [1.29, 1.82) is 0 Å². The molecule has 0 bridgehead atoms. The van der Waals surface area contributed by atoms with Crippen LogP contribution in [-0.4, -0.2) is 50.8 Å². The first-order chi connectivity index (χ1) is 14.0. The number of aliphatic hydroxyl groups excluding tert-OH is 3. The van der Waals surface area contributed by atoms with Crippen LogP contribution < -0.4 is 0 Å². The van der Waals surface area contributed by atoms with Crippen LogP contribution in [0, 0.1) is 23.7 Å². The molecule has 0 heterocycles. The Kier molecular flexibility index (Phi) is 14.5. The Hall–Kier alpha value is -0.950. The standard InChI is InChI=1S/C24H42O5S/c1-8-19(24(29)18(6)22(27)14-23(28)30-7)13-17(5)21(26)11-10-15(3)12-16(4)20(25)9-2/h10-12,16-20,22,24-25,27,29H,8-9,13-14H2,1-7H3/t16-,17+,18-,19-,20+,22+,24+/m0/s1. The first-order valence-corrected chi connectivity index (χ1v) is 12.2. The first-order valence-electron chi connectivity index (χ1n) is 11.0. The molecule has 0 aromatic carbocycles. The van der Waals surface area contributed by atoms with E-state index < -0.39 is 24.2 Å². The van der Waals surface area contributed by atoms with E-state index in [-0.39, 0.29) is 35.1 Å². The van der Waals surface area contributed by atoms with E-state index in [2.05, 4.69) is 0 Å². The zero-order valence-corrected chi connectivity index (χ0v) is 20.5. The highest BCUT2D eigenvalue weighted by atomic mass is 32.2. The van der Waals surface area contributed by atoms with Gasteiger partial charge in [0.1, 0.15) is 0 Å². The molecule has 0 fully saturated rings. The second-order valence-electron chi connectivity index (χ2n) is 8.48. The Bertz CT molecular complexity index is 586. The Labute approximate surface area is 187 Å². The zero-order valence-electron chi connectivity index (χ0n) is 19.7. The maximum Gasteiger partial charge on any atom is 0.191 e. The second kappa shape index (κ2) is 15.0. The Morgan fingerprint density at radius 3 is 2.07 bits per heavy atom. The van der Waals surface area contributed by atoms with Crippen LogP contribution in [0.2, 0.25) is 0 Å². The summed E-state index contributed by atoms with van der Waals surface area (Å²) in [5.41, 5.74) is 0.929. The molecule has 0 aromatic rings. The fourth-order valence-electron chi connectivity index (χ4n) is 3.55. The highest BCUT2D eigenvalue weighted by Gasteiger charge is 2.31. The summed E-state index contributed by atoms with van der Waals surface area (Å²) in [6, 6.07) is 0. The molecule has 0 amide bonds. The van der Waals surface area contributed by atoms with Gasteiger partial charge in [0.15, 0.2) is 10.9 Å². The van der Waals surface area contributed by atoms with Crippen molar-refractivity contribution in [3.8, 4) is 0 Å². The van der Waals surface area contributed by atoms with Gasteiger partial charge in [-0.15, -0.1) is 0 Å². The molecule has 0 aromatic heterocycles. The molecule has 0 saturated carbocycles. The van der Waals surface area contributed by atoms with Gasteiger partial charge >= 0.3 is 0 Å². The molecule has 0 radical (unpaired) electrons. The maximum atomic E-state index is 12.5. The summed E-state index contributed by atoms with van der Waals surface area (Å²) in [4.78, 5) is 24.1. The van der Waals surface area contributed by atoms with Gasteiger partial charge in [0.25, 0.3) is 0 Å². The van der Waals surface area contributed by atoms with E-state index in [0.29, 0.717) is 19.3 Å². The van der Waals surface area contributed by atoms with Crippen LogP contribution in [0.5, 0.6) is 0 Å². The molecule has 0 spiro atoms. The van der Waals surface area contributed by atoms with Crippen LogP contribution in [-0.2, 0) is 9.59 Å². The third kappa shape index (κ3) is 10.4. The van der Waals surface area contributed by atoms with E-state index in [1.165, 1.54) is 0 Å². The number of carbonyl (C=O) groups excluding carboxylic acids is 2. The number of carbonyl (C=O) groups is 2. The quantitative estimate of drug-likeness (QED) is 0.276. The maximum absolute atomic E-state index is 12.5. The van der Waals surface area contributed by atoms with Crippen LogP contribution in [0.15, 0.2) is 23.8 Å². The van der Waals surface area contributed by atoms with E-state index in [0.717, 1.165) is 17.3 Å². The molecule has 6 heteroatoms. The van der Waals surface area contributed by atoms with Gasteiger partial charge in [-0.1, -0.05) is 70.5 Å². The van der Waals surface area contributed by atoms with Gasteiger partial charge in [-0.3, -0.25) is 9.59 Å². The largest absolute Gasteiger partial charge is 0.393 e. The first kappa shape index (κ1) is 29.1. The lowest BCUT2D eigenvalue weighted by atomic mass is 9.80. The molecular formula is C24H42O5S. The number of thioether (sulfide) groups is 1. The second-order valence-corrected chi connectivity index (χ2v) is 9.35. The monoisotopic (exact) mass is 442 g/mol. The minimum atomic E-state index is -0.895. The van der Waals surface area contributed by atoms with Crippen molar-refractivity contribution in [3.05, 3.63) is 23.8 Å². The molecule has 0 aliphatic rings. The summed E-state index contributed by atoms with van der Waals surface area (Å²) in [6.07, 6.45) is 6.81. The fraction of sp³-hybridized carbons (Fsp3) is 0.750. The smallest absolute Gasteiger partial charge is 0.191 e.